The van der Waals surface area contributed by atoms with Gasteiger partial charge in [0, 0.05) is 12.1 Å². The number of hydrogen-bond acceptors (Lipinski definition) is 3. The van der Waals surface area contributed by atoms with Crippen molar-refractivity contribution in [2.45, 2.75) is 32.6 Å². The highest BCUT2D eigenvalue weighted by Gasteiger charge is 2.14. The highest BCUT2D eigenvalue weighted by Crippen LogP contribution is 2.21. The van der Waals surface area contributed by atoms with E-state index in [0.717, 1.165) is 19.3 Å². The fraction of sp³-hybridized carbons (Fsp3) is 0.412. The second-order valence-corrected chi connectivity index (χ2v) is 5.23. The molecule has 0 saturated heterocycles. The molecule has 4 nitrogen and oxygen atoms in total. The van der Waals surface area contributed by atoms with Gasteiger partial charge in [0.1, 0.15) is 0 Å². The van der Waals surface area contributed by atoms with Crippen LogP contribution in [0.1, 0.15) is 43.0 Å². The second kappa shape index (κ2) is 7.62. The average Bonchev–Trinajstić information content (AvgIpc) is 2.98. The van der Waals surface area contributed by atoms with Gasteiger partial charge in [-0.3, -0.25) is 4.79 Å². The van der Waals surface area contributed by atoms with E-state index < -0.39 is 0 Å². The second-order valence-electron chi connectivity index (χ2n) is 5.23. The number of esters is 1. The predicted octanol–water partition coefficient (Wildman–Crippen LogP) is 3.55. The molecule has 21 heavy (non-hydrogen) atoms. The zero-order chi connectivity index (χ0) is 15.1. The number of amides is 1. The van der Waals surface area contributed by atoms with E-state index in [-0.39, 0.29) is 11.9 Å². The molecule has 0 spiro atoms. The van der Waals surface area contributed by atoms with E-state index in [9.17, 15) is 9.59 Å². The van der Waals surface area contributed by atoms with Crippen LogP contribution in [0, 0.1) is 5.92 Å². The van der Waals surface area contributed by atoms with Crippen molar-refractivity contribution in [2.75, 3.05) is 11.9 Å². The van der Waals surface area contributed by atoms with Crippen LogP contribution in [0.15, 0.2) is 36.4 Å². The summed E-state index contributed by atoms with van der Waals surface area (Å²) in [5.41, 5.74) is 1.20. The number of allylic oxidation sites excluding steroid dienone is 2. The zero-order valence-electron chi connectivity index (χ0n) is 12.3. The van der Waals surface area contributed by atoms with Gasteiger partial charge in [-0.25, -0.2) is 4.79 Å². The summed E-state index contributed by atoms with van der Waals surface area (Å²) >= 11 is 0. The molecule has 1 aliphatic carbocycles. The molecule has 112 valence electrons. The normalized spacial score (nSPS) is 16.7. The van der Waals surface area contributed by atoms with Gasteiger partial charge < -0.3 is 10.1 Å². The number of benzene rings is 1. The van der Waals surface area contributed by atoms with Crippen LogP contribution in [0.5, 0.6) is 0 Å². The first-order valence-corrected chi connectivity index (χ1v) is 7.42. The number of hydrogen-bond donors (Lipinski definition) is 1. The van der Waals surface area contributed by atoms with Gasteiger partial charge in [0.2, 0.25) is 5.91 Å². The molecular weight excluding hydrogens is 266 g/mol. The highest BCUT2D eigenvalue weighted by molar-refractivity contribution is 5.93. The Hall–Kier alpha value is -2.10. The third-order valence-corrected chi connectivity index (χ3v) is 3.40. The van der Waals surface area contributed by atoms with E-state index >= 15 is 0 Å². The maximum atomic E-state index is 11.9. The number of ether oxygens (including phenoxy) is 1. The van der Waals surface area contributed by atoms with Gasteiger partial charge in [0.25, 0.3) is 0 Å². The van der Waals surface area contributed by atoms with Crippen LogP contribution in [0.4, 0.5) is 5.69 Å². The number of rotatable bonds is 6. The zero-order valence-corrected chi connectivity index (χ0v) is 12.3. The Morgan fingerprint density at radius 2 is 2.05 bits per heavy atom. The van der Waals surface area contributed by atoms with Crippen LogP contribution < -0.4 is 5.32 Å². The van der Waals surface area contributed by atoms with Crippen LogP contribution in [-0.2, 0) is 9.53 Å². The Balaban J connectivity index is 1.85. The molecule has 1 amide bonds. The van der Waals surface area contributed by atoms with E-state index in [2.05, 4.69) is 17.5 Å². The molecule has 1 aliphatic rings. The molecule has 0 radical (unpaired) electrons. The summed E-state index contributed by atoms with van der Waals surface area (Å²) in [6, 6.07) is 6.79. The van der Waals surface area contributed by atoms with E-state index in [4.69, 9.17) is 4.74 Å². The molecule has 1 atom stereocenters. The topological polar surface area (TPSA) is 55.4 Å². The molecule has 0 fully saturated rings. The lowest BCUT2D eigenvalue weighted by Gasteiger charge is -2.09. The Kier molecular flexibility index (Phi) is 5.55. The van der Waals surface area contributed by atoms with Gasteiger partial charge in [-0.05, 0) is 49.4 Å². The first kappa shape index (κ1) is 15.3. The maximum absolute atomic E-state index is 11.9. The molecule has 1 unspecified atom stereocenters. The quantitative estimate of drug-likeness (QED) is 0.643. The standard InChI is InChI=1S/C17H21NO3/c1-2-11-21-17(20)14-7-9-15(10-8-14)18-16(19)12-13-5-3-4-6-13/h3,5,7-10,13H,2,4,6,11-12H2,1H3,(H,18,19). The van der Waals surface area contributed by atoms with Gasteiger partial charge in [0.15, 0.2) is 0 Å². The van der Waals surface area contributed by atoms with Crippen molar-refractivity contribution in [3.05, 3.63) is 42.0 Å². The molecule has 0 aliphatic heterocycles. The van der Waals surface area contributed by atoms with Crippen molar-refractivity contribution in [2.24, 2.45) is 5.92 Å². The van der Waals surface area contributed by atoms with Crippen molar-refractivity contribution in [3.63, 3.8) is 0 Å². The lowest BCUT2D eigenvalue weighted by Crippen LogP contribution is -2.15. The van der Waals surface area contributed by atoms with Gasteiger partial charge in [-0.15, -0.1) is 0 Å². The fourth-order valence-electron chi connectivity index (χ4n) is 2.28. The third kappa shape index (κ3) is 4.74. The van der Waals surface area contributed by atoms with E-state index in [1.807, 2.05) is 6.92 Å². The van der Waals surface area contributed by atoms with Gasteiger partial charge in [-0.2, -0.15) is 0 Å². The first-order chi connectivity index (χ1) is 10.2. The summed E-state index contributed by atoms with van der Waals surface area (Å²) in [5, 5.41) is 2.85. The van der Waals surface area contributed by atoms with Crippen molar-refractivity contribution in [1.82, 2.24) is 0 Å². The SMILES string of the molecule is CCCOC(=O)c1ccc(NC(=O)CC2C=CCC2)cc1. The number of carbonyl (C=O) groups is 2. The maximum Gasteiger partial charge on any atom is 0.338 e. The van der Waals surface area contributed by atoms with Crippen LogP contribution in [0.2, 0.25) is 0 Å². The lowest BCUT2D eigenvalue weighted by molar-refractivity contribution is -0.116. The molecule has 2 rings (SSSR count). The van der Waals surface area contributed by atoms with Crippen LogP contribution in [0.3, 0.4) is 0 Å². The van der Waals surface area contributed by atoms with Crippen molar-refractivity contribution < 1.29 is 14.3 Å². The number of carbonyl (C=O) groups excluding carboxylic acids is 2. The van der Waals surface area contributed by atoms with Gasteiger partial charge >= 0.3 is 5.97 Å². The van der Waals surface area contributed by atoms with Gasteiger partial charge in [-0.1, -0.05) is 19.1 Å². The van der Waals surface area contributed by atoms with E-state index in [0.29, 0.717) is 30.2 Å². The molecule has 0 heterocycles. The first-order valence-electron chi connectivity index (χ1n) is 7.42. The number of nitrogens with one attached hydrogen (secondary N) is 1. The fourth-order valence-corrected chi connectivity index (χ4v) is 2.28. The molecule has 4 heteroatoms. The van der Waals surface area contributed by atoms with Crippen LogP contribution >= 0.6 is 0 Å². The smallest absolute Gasteiger partial charge is 0.338 e. The third-order valence-electron chi connectivity index (χ3n) is 3.40. The van der Waals surface area contributed by atoms with Gasteiger partial charge in [0.05, 0.1) is 12.2 Å². The summed E-state index contributed by atoms with van der Waals surface area (Å²) < 4.78 is 5.05. The van der Waals surface area contributed by atoms with Crippen molar-refractivity contribution >= 4 is 17.6 Å². The Labute approximate surface area is 125 Å². The minimum atomic E-state index is -0.328. The largest absolute Gasteiger partial charge is 0.462 e. The predicted molar refractivity (Wildman–Crippen MR) is 82.1 cm³/mol. The summed E-state index contributed by atoms with van der Waals surface area (Å²) in [6.45, 7) is 2.37. The molecule has 1 aromatic rings. The molecule has 0 saturated carbocycles. The summed E-state index contributed by atoms with van der Waals surface area (Å²) in [4.78, 5) is 23.5. The van der Waals surface area contributed by atoms with Crippen molar-refractivity contribution in [1.29, 1.82) is 0 Å². The molecule has 0 bridgehead atoms. The van der Waals surface area contributed by atoms with E-state index in [1.54, 1.807) is 24.3 Å². The highest BCUT2D eigenvalue weighted by atomic mass is 16.5. The number of anilines is 1. The minimum absolute atomic E-state index is 0.00728. The Morgan fingerprint density at radius 3 is 2.67 bits per heavy atom. The Bertz CT molecular complexity index is 519. The van der Waals surface area contributed by atoms with Crippen molar-refractivity contribution in [3.8, 4) is 0 Å². The van der Waals surface area contributed by atoms with Crippen LogP contribution in [0.25, 0.3) is 0 Å². The average molecular weight is 287 g/mol. The molecule has 1 N–H and O–H groups in total. The lowest BCUT2D eigenvalue weighted by atomic mass is 10.0. The van der Waals surface area contributed by atoms with E-state index in [1.165, 1.54) is 0 Å². The summed E-state index contributed by atoms with van der Waals surface area (Å²) in [6.07, 6.45) is 7.65. The molecule has 1 aromatic carbocycles. The monoisotopic (exact) mass is 287 g/mol. The minimum Gasteiger partial charge on any atom is -0.462 e. The summed E-state index contributed by atoms with van der Waals surface area (Å²) in [7, 11) is 0. The molecular formula is C17H21NO3. The molecule has 0 aromatic heterocycles. The Morgan fingerprint density at radius 1 is 1.29 bits per heavy atom. The summed E-state index contributed by atoms with van der Waals surface area (Å²) in [5.74, 6) is 0.0342. The van der Waals surface area contributed by atoms with Crippen LogP contribution in [-0.4, -0.2) is 18.5 Å².